The van der Waals surface area contributed by atoms with Gasteiger partial charge in [0.2, 0.25) is 0 Å². The Bertz CT molecular complexity index is 3720. The second kappa shape index (κ2) is 13.8. The Kier molecular flexibility index (Phi) is 7.78. The van der Waals surface area contributed by atoms with E-state index in [1.807, 2.05) is 23.5 Å². The molecular weight excluding hydrogens is 773 g/mol. The lowest BCUT2D eigenvalue weighted by molar-refractivity contribution is 0.476. The molecule has 290 valence electrons. The van der Waals surface area contributed by atoms with Gasteiger partial charge in [0.25, 0.3) is 0 Å². The number of nitrogens with zero attached hydrogens (tertiary/aromatic N) is 2. The lowest BCUT2D eigenvalue weighted by atomic mass is 9.96. The van der Waals surface area contributed by atoms with Crippen molar-refractivity contribution in [3.63, 3.8) is 0 Å². The third kappa shape index (κ3) is 5.37. The third-order valence-corrected chi connectivity index (χ3v) is 13.8. The van der Waals surface area contributed by atoms with Crippen LogP contribution in [0, 0.1) is 0 Å². The highest BCUT2D eigenvalue weighted by Crippen LogP contribution is 2.49. The van der Waals surface area contributed by atoms with Crippen molar-refractivity contribution in [1.29, 1.82) is 0 Å². The molecule has 1 aliphatic heterocycles. The number of rotatable bonds is 6. The van der Waals surface area contributed by atoms with Crippen LogP contribution in [0.5, 0.6) is 11.5 Å². The van der Waals surface area contributed by atoms with E-state index in [-0.39, 0.29) is 0 Å². The normalized spacial score (nSPS) is 12.0. The summed E-state index contributed by atoms with van der Waals surface area (Å²) in [6.07, 6.45) is 0. The molecule has 62 heavy (non-hydrogen) atoms. The maximum atomic E-state index is 6.50. The first-order valence-corrected chi connectivity index (χ1v) is 21.9. The lowest BCUT2D eigenvalue weighted by Gasteiger charge is -2.27. The summed E-state index contributed by atoms with van der Waals surface area (Å²) in [5.74, 6) is 1.75. The number of para-hydroxylation sites is 3. The molecule has 4 heteroatoms. The number of benzene rings is 10. The Balaban J connectivity index is 0.922. The van der Waals surface area contributed by atoms with Gasteiger partial charge in [0.1, 0.15) is 0 Å². The van der Waals surface area contributed by atoms with E-state index in [2.05, 4.69) is 216 Å². The molecule has 3 heterocycles. The Morgan fingerprint density at radius 2 is 1.10 bits per heavy atom. The minimum Gasteiger partial charge on any atom is -0.453 e. The lowest BCUT2D eigenvalue weighted by Crippen LogP contribution is -2.10. The number of hydrogen-bond donors (Lipinski definition) is 0. The van der Waals surface area contributed by atoms with Crippen LogP contribution in [-0.4, -0.2) is 4.57 Å². The van der Waals surface area contributed by atoms with Crippen molar-refractivity contribution in [2.45, 2.75) is 0 Å². The summed E-state index contributed by atoms with van der Waals surface area (Å²) in [6, 6.07) is 79.2. The van der Waals surface area contributed by atoms with Crippen LogP contribution in [0.25, 0.3) is 91.8 Å². The van der Waals surface area contributed by atoms with Crippen LogP contribution >= 0.6 is 11.3 Å². The van der Waals surface area contributed by atoms with E-state index in [9.17, 15) is 0 Å². The molecule has 0 fully saturated rings. The van der Waals surface area contributed by atoms with Crippen LogP contribution in [-0.2, 0) is 0 Å². The van der Waals surface area contributed by atoms with E-state index in [0.29, 0.717) is 0 Å². The Morgan fingerprint density at radius 1 is 0.419 bits per heavy atom. The van der Waals surface area contributed by atoms with Crippen molar-refractivity contribution >= 4 is 81.1 Å². The van der Waals surface area contributed by atoms with Crippen LogP contribution in [0.2, 0.25) is 0 Å². The van der Waals surface area contributed by atoms with Gasteiger partial charge in [-0.3, -0.25) is 0 Å². The van der Waals surface area contributed by atoms with Gasteiger partial charge in [-0.05, 0) is 111 Å². The van der Waals surface area contributed by atoms with Gasteiger partial charge in [-0.15, -0.1) is 11.3 Å². The van der Waals surface area contributed by atoms with Crippen LogP contribution in [0.1, 0.15) is 0 Å². The molecule has 2 aromatic heterocycles. The summed E-state index contributed by atoms with van der Waals surface area (Å²) >= 11 is 1.86. The number of thiophene rings is 1. The van der Waals surface area contributed by atoms with Gasteiger partial charge in [-0.1, -0.05) is 152 Å². The zero-order valence-corrected chi connectivity index (χ0v) is 34.3. The summed E-state index contributed by atoms with van der Waals surface area (Å²) in [5, 5.41) is 7.50. The van der Waals surface area contributed by atoms with Gasteiger partial charge in [0.05, 0.1) is 27.1 Å². The second-order valence-corrected chi connectivity index (χ2v) is 17.1. The Morgan fingerprint density at radius 3 is 2.00 bits per heavy atom. The molecule has 0 saturated carbocycles. The number of anilines is 3. The molecule has 0 unspecified atom stereocenters. The van der Waals surface area contributed by atoms with E-state index in [0.717, 1.165) is 45.2 Å². The minimum absolute atomic E-state index is 0.874. The number of hydrogen-bond acceptors (Lipinski definition) is 3. The smallest absolute Gasteiger partial charge is 0.152 e. The third-order valence-electron chi connectivity index (χ3n) is 12.6. The van der Waals surface area contributed by atoms with Crippen LogP contribution in [0.4, 0.5) is 17.1 Å². The highest BCUT2D eigenvalue weighted by atomic mass is 32.1. The highest BCUT2D eigenvalue weighted by molar-refractivity contribution is 7.26. The van der Waals surface area contributed by atoms with E-state index in [1.165, 1.54) is 75.2 Å². The first-order chi connectivity index (χ1) is 30.7. The summed E-state index contributed by atoms with van der Waals surface area (Å²) < 4.78 is 11.4. The van der Waals surface area contributed by atoms with E-state index >= 15 is 0 Å². The molecule has 0 atom stereocenters. The van der Waals surface area contributed by atoms with E-state index in [4.69, 9.17) is 4.74 Å². The van der Waals surface area contributed by atoms with Gasteiger partial charge in [-0.25, -0.2) is 0 Å². The summed E-state index contributed by atoms with van der Waals surface area (Å²) in [4.78, 5) is 2.43. The molecule has 3 nitrogen and oxygen atoms in total. The van der Waals surface area contributed by atoms with Crippen LogP contribution in [0.15, 0.2) is 218 Å². The van der Waals surface area contributed by atoms with Crippen molar-refractivity contribution in [1.82, 2.24) is 4.57 Å². The molecule has 0 bridgehead atoms. The van der Waals surface area contributed by atoms with E-state index < -0.39 is 0 Å². The first-order valence-electron chi connectivity index (χ1n) is 21.1. The van der Waals surface area contributed by atoms with Gasteiger partial charge >= 0.3 is 0 Å². The maximum absolute atomic E-state index is 6.50. The van der Waals surface area contributed by atoms with Crippen molar-refractivity contribution < 1.29 is 4.74 Å². The topological polar surface area (TPSA) is 17.4 Å². The molecule has 0 radical (unpaired) electrons. The highest BCUT2D eigenvalue weighted by Gasteiger charge is 2.26. The van der Waals surface area contributed by atoms with Crippen LogP contribution in [0.3, 0.4) is 0 Å². The zero-order chi connectivity index (χ0) is 40.7. The molecule has 10 aromatic carbocycles. The molecule has 0 saturated heterocycles. The number of fused-ring (bicyclic) bond motifs is 9. The molecule has 0 N–H and O–H groups in total. The van der Waals surface area contributed by atoms with Crippen molar-refractivity contribution in [2.75, 3.05) is 4.90 Å². The maximum Gasteiger partial charge on any atom is 0.152 e. The first kappa shape index (κ1) is 34.9. The average molecular weight is 809 g/mol. The largest absolute Gasteiger partial charge is 0.453 e. The summed E-state index contributed by atoms with van der Waals surface area (Å²) in [5.41, 5.74) is 13.9. The standard InChI is InChI=1S/C58H36N2OS/c1-2-16-44-38(12-1)13-10-19-45(44)39-30-32-42(33-31-39)59(52-23-11-20-48-47-17-4-8-25-55(47)62-58(48)52)43-15-9-14-41(36-43)37-26-28-40(29-27-37)46-34-35-54-57-56(46)49-18-3-5-21-50(49)60(57)51-22-6-7-24-53(51)61-54/h1-36H. The molecule has 13 rings (SSSR count). The van der Waals surface area contributed by atoms with Gasteiger partial charge in [-0.2, -0.15) is 0 Å². The fourth-order valence-electron chi connectivity index (χ4n) is 9.76. The quantitative estimate of drug-likeness (QED) is 0.166. The summed E-state index contributed by atoms with van der Waals surface area (Å²) in [6.45, 7) is 0. The molecule has 0 spiro atoms. The predicted octanol–water partition coefficient (Wildman–Crippen LogP) is 16.9. The van der Waals surface area contributed by atoms with Gasteiger partial charge in [0.15, 0.2) is 11.5 Å². The van der Waals surface area contributed by atoms with Gasteiger partial charge < -0.3 is 14.2 Å². The summed E-state index contributed by atoms with van der Waals surface area (Å²) in [7, 11) is 0. The zero-order valence-electron chi connectivity index (χ0n) is 33.5. The van der Waals surface area contributed by atoms with Crippen molar-refractivity contribution in [3.8, 4) is 50.6 Å². The number of aromatic nitrogens is 1. The molecular formula is C58H36N2OS. The van der Waals surface area contributed by atoms with Crippen molar-refractivity contribution in [2.24, 2.45) is 0 Å². The fourth-order valence-corrected chi connectivity index (χ4v) is 11.0. The Hall–Kier alpha value is -7.92. The molecule has 12 aromatic rings. The van der Waals surface area contributed by atoms with E-state index in [1.54, 1.807) is 0 Å². The molecule has 1 aliphatic rings. The fraction of sp³-hybridized carbons (Fsp3) is 0. The SMILES string of the molecule is c1cc(-c2ccc(-c3ccc4c5c3c3ccccc3n5-c3ccccc3O4)cc2)cc(N(c2ccc(-c3cccc4ccccc34)cc2)c2cccc3c2sc2ccccc23)c1. The monoisotopic (exact) mass is 808 g/mol. The van der Waals surface area contributed by atoms with Crippen LogP contribution < -0.4 is 9.64 Å². The number of ether oxygens (including phenoxy) is 1. The average Bonchev–Trinajstić information content (AvgIpc) is 3.90. The predicted molar refractivity (Wildman–Crippen MR) is 262 cm³/mol. The molecule has 0 amide bonds. The van der Waals surface area contributed by atoms with Gasteiger partial charge in [0, 0.05) is 37.6 Å². The minimum atomic E-state index is 0.874. The molecule has 0 aliphatic carbocycles. The second-order valence-electron chi connectivity index (χ2n) is 16.0. The Labute approximate surface area is 362 Å². The van der Waals surface area contributed by atoms with Crippen molar-refractivity contribution in [3.05, 3.63) is 218 Å².